The first kappa shape index (κ1) is 20.7. The molecule has 1 unspecified atom stereocenters. The summed E-state index contributed by atoms with van der Waals surface area (Å²) in [4.78, 5) is 38.0. The smallest absolute Gasteiger partial charge is 0.255 e. The van der Waals surface area contributed by atoms with E-state index in [4.69, 9.17) is 5.73 Å². The molecule has 1 aromatic rings. The minimum atomic E-state index is -2.53. The van der Waals surface area contributed by atoms with Crippen LogP contribution in [-0.4, -0.2) is 49.5 Å². The lowest BCUT2D eigenvalue weighted by atomic mass is 9.60. The van der Waals surface area contributed by atoms with Gasteiger partial charge in [-0.05, 0) is 48.8 Å². The first-order valence-corrected chi connectivity index (χ1v) is 10.7. The van der Waals surface area contributed by atoms with Crippen LogP contribution in [0.3, 0.4) is 0 Å². The summed E-state index contributed by atoms with van der Waals surface area (Å²) < 4.78 is 0. The highest BCUT2D eigenvalue weighted by Crippen LogP contribution is 2.51. The van der Waals surface area contributed by atoms with Crippen LogP contribution >= 0.6 is 0 Å². The molecule has 7 N–H and O–H groups in total. The van der Waals surface area contributed by atoms with Gasteiger partial charge in [-0.1, -0.05) is 6.07 Å². The Hall–Kier alpha value is -3.17. The topological polar surface area (TPSA) is 170 Å². The highest BCUT2D eigenvalue weighted by atomic mass is 16.3. The number of hydrogen-bond donors (Lipinski definition) is 6. The van der Waals surface area contributed by atoms with Gasteiger partial charge in [-0.25, -0.2) is 0 Å². The standard InChI is InChI=1S/C23H24N2O7/c24-22(31)18-15(27)7-11-5-10-6-13-9(8-25-12-2-3-12)1-4-14(26)17(13)19(28)16(10)20(29)23(11,32)21(18)30/h1,4,10-12,25-27,29,32H,2-3,5-8H2,(H2,24,31)/t10?,11-,23-/m0/s1. The lowest BCUT2D eigenvalue weighted by molar-refractivity contribution is -0.144. The van der Waals surface area contributed by atoms with Crippen LogP contribution < -0.4 is 11.1 Å². The average Bonchev–Trinajstić information content (AvgIpc) is 3.54. The van der Waals surface area contributed by atoms with Crippen molar-refractivity contribution < 1.29 is 34.8 Å². The number of ketones is 2. The Balaban J connectivity index is 1.61. The maximum atomic E-state index is 13.4. The van der Waals surface area contributed by atoms with E-state index < -0.39 is 52.0 Å². The predicted octanol–water partition coefficient (Wildman–Crippen LogP) is 0.832. The van der Waals surface area contributed by atoms with Crippen molar-refractivity contribution in [3.8, 4) is 5.75 Å². The zero-order valence-corrected chi connectivity index (χ0v) is 17.2. The Bertz CT molecular complexity index is 1150. The van der Waals surface area contributed by atoms with Crippen molar-refractivity contribution in [2.75, 3.05) is 0 Å². The molecule has 0 radical (unpaired) electrons. The van der Waals surface area contributed by atoms with Crippen LogP contribution in [0.2, 0.25) is 0 Å². The highest BCUT2D eigenvalue weighted by molar-refractivity contribution is 6.24. The second kappa shape index (κ2) is 6.91. The van der Waals surface area contributed by atoms with E-state index in [9.17, 15) is 34.8 Å². The fourth-order valence-corrected chi connectivity index (χ4v) is 5.39. The number of allylic oxidation sites excluding steroid dienone is 2. The Morgan fingerprint density at radius 3 is 2.53 bits per heavy atom. The molecule has 0 aromatic heterocycles. The van der Waals surface area contributed by atoms with Gasteiger partial charge in [0.1, 0.15) is 22.8 Å². The van der Waals surface area contributed by atoms with Crippen LogP contribution in [-0.2, 0) is 22.6 Å². The Morgan fingerprint density at radius 2 is 1.88 bits per heavy atom. The molecule has 9 nitrogen and oxygen atoms in total. The van der Waals surface area contributed by atoms with Crippen molar-refractivity contribution in [2.45, 2.75) is 50.3 Å². The van der Waals surface area contributed by atoms with Crippen molar-refractivity contribution in [1.82, 2.24) is 5.32 Å². The lowest BCUT2D eigenvalue weighted by Gasteiger charge is -2.45. The zero-order chi connectivity index (χ0) is 22.9. The number of benzene rings is 1. The van der Waals surface area contributed by atoms with Gasteiger partial charge in [0, 0.05) is 30.5 Å². The summed E-state index contributed by atoms with van der Waals surface area (Å²) in [6.07, 6.45) is 2.42. The van der Waals surface area contributed by atoms with Crippen LogP contribution in [0.25, 0.3) is 0 Å². The average molecular weight is 440 g/mol. The molecule has 3 atom stereocenters. The quantitative estimate of drug-likeness (QED) is 0.374. The number of amides is 1. The third-order valence-electron chi connectivity index (χ3n) is 7.20. The molecule has 0 aliphatic heterocycles. The molecule has 32 heavy (non-hydrogen) atoms. The van der Waals surface area contributed by atoms with E-state index in [2.05, 4.69) is 5.32 Å². The normalized spacial score (nSPS) is 29.5. The number of aliphatic hydroxyl groups is 3. The number of nitrogens with two attached hydrogens (primary N) is 1. The SMILES string of the molecule is NC(=O)C1=C(O)C[C@@H]2CC3Cc4c(CNC5CC5)ccc(O)c4C(=O)C3=C(O)[C@]2(O)C1=O. The molecule has 0 heterocycles. The number of aliphatic hydroxyl groups excluding tert-OH is 2. The van der Waals surface area contributed by atoms with Crippen molar-refractivity contribution >= 4 is 17.5 Å². The van der Waals surface area contributed by atoms with Gasteiger partial charge in [0.2, 0.25) is 5.78 Å². The van der Waals surface area contributed by atoms with Crippen molar-refractivity contribution in [2.24, 2.45) is 17.6 Å². The number of hydrogen-bond acceptors (Lipinski definition) is 8. The molecule has 168 valence electrons. The highest BCUT2D eigenvalue weighted by Gasteiger charge is 2.59. The molecular weight excluding hydrogens is 416 g/mol. The molecule has 0 bridgehead atoms. The van der Waals surface area contributed by atoms with Gasteiger partial charge in [0.25, 0.3) is 5.91 Å². The number of rotatable bonds is 4. The first-order valence-electron chi connectivity index (χ1n) is 10.7. The van der Waals surface area contributed by atoms with Crippen molar-refractivity contribution in [1.29, 1.82) is 0 Å². The summed E-state index contributed by atoms with van der Waals surface area (Å²) in [5.41, 5.74) is 3.35. The Labute approximate surface area is 183 Å². The van der Waals surface area contributed by atoms with E-state index in [1.54, 1.807) is 6.07 Å². The van der Waals surface area contributed by atoms with Crippen LogP contribution in [0.4, 0.5) is 0 Å². The first-order chi connectivity index (χ1) is 15.1. The lowest BCUT2D eigenvalue weighted by Crippen LogP contribution is -2.57. The van der Waals surface area contributed by atoms with Gasteiger partial charge >= 0.3 is 0 Å². The molecule has 1 aromatic carbocycles. The van der Waals surface area contributed by atoms with Crippen LogP contribution in [0.15, 0.2) is 34.8 Å². The number of carbonyl (C=O) groups is 3. The molecule has 5 rings (SSSR count). The van der Waals surface area contributed by atoms with E-state index in [1.165, 1.54) is 6.07 Å². The van der Waals surface area contributed by atoms with Gasteiger partial charge in [0.05, 0.1) is 5.56 Å². The van der Waals surface area contributed by atoms with Crippen LogP contribution in [0.1, 0.15) is 47.2 Å². The van der Waals surface area contributed by atoms with Gasteiger partial charge < -0.3 is 31.5 Å². The van der Waals surface area contributed by atoms with Crippen molar-refractivity contribution in [3.05, 3.63) is 51.5 Å². The fraction of sp³-hybridized carbons (Fsp3) is 0.435. The van der Waals surface area contributed by atoms with E-state index >= 15 is 0 Å². The van der Waals surface area contributed by atoms with E-state index in [0.29, 0.717) is 24.6 Å². The van der Waals surface area contributed by atoms with E-state index in [0.717, 1.165) is 18.4 Å². The third-order valence-corrected chi connectivity index (χ3v) is 7.20. The minimum Gasteiger partial charge on any atom is -0.511 e. The summed E-state index contributed by atoms with van der Waals surface area (Å²) in [5, 5.41) is 46.2. The maximum Gasteiger partial charge on any atom is 0.255 e. The number of nitrogens with one attached hydrogen (secondary N) is 1. The number of fused-ring (bicyclic) bond motifs is 3. The molecule has 9 heteroatoms. The molecule has 0 spiro atoms. The molecule has 1 saturated carbocycles. The molecule has 4 aliphatic carbocycles. The second-order valence-electron chi connectivity index (χ2n) is 9.16. The fourth-order valence-electron chi connectivity index (χ4n) is 5.39. The van der Waals surface area contributed by atoms with Crippen LogP contribution in [0, 0.1) is 11.8 Å². The predicted molar refractivity (Wildman–Crippen MR) is 111 cm³/mol. The summed E-state index contributed by atoms with van der Waals surface area (Å²) in [7, 11) is 0. The van der Waals surface area contributed by atoms with Crippen LogP contribution in [0.5, 0.6) is 5.75 Å². The number of aromatic hydroxyl groups is 1. The van der Waals surface area contributed by atoms with Crippen molar-refractivity contribution in [3.63, 3.8) is 0 Å². The second-order valence-corrected chi connectivity index (χ2v) is 9.16. The molecule has 4 aliphatic rings. The van der Waals surface area contributed by atoms with Gasteiger partial charge in [0.15, 0.2) is 11.4 Å². The van der Waals surface area contributed by atoms with E-state index in [-0.39, 0.29) is 29.7 Å². The largest absolute Gasteiger partial charge is 0.511 e. The summed E-state index contributed by atoms with van der Waals surface area (Å²) in [6.45, 7) is 0.537. The minimum absolute atomic E-state index is 0.0525. The number of Topliss-reactive ketones (excluding diaryl/α,β-unsaturated/α-hetero) is 2. The Kier molecular flexibility index (Phi) is 4.48. The number of primary amides is 1. The maximum absolute atomic E-state index is 13.4. The number of carbonyl (C=O) groups excluding carboxylic acids is 3. The zero-order valence-electron chi connectivity index (χ0n) is 17.2. The summed E-state index contributed by atoms with van der Waals surface area (Å²) >= 11 is 0. The molecule has 0 saturated heterocycles. The molecule has 1 fully saturated rings. The summed E-state index contributed by atoms with van der Waals surface area (Å²) in [6, 6.07) is 3.64. The van der Waals surface area contributed by atoms with Gasteiger partial charge in [-0.3, -0.25) is 14.4 Å². The molecule has 1 amide bonds. The number of phenolic OH excluding ortho intramolecular Hbond substituents is 1. The van der Waals surface area contributed by atoms with Gasteiger partial charge in [-0.15, -0.1) is 0 Å². The van der Waals surface area contributed by atoms with E-state index in [1.807, 2.05) is 0 Å². The number of phenols is 1. The Morgan fingerprint density at radius 1 is 1.16 bits per heavy atom. The summed E-state index contributed by atoms with van der Waals surface area (Å²) in [5.74, 6) is -6.12. The molecular formula is C23H24N2O7. The van der Waals surface area contributed by atoms with Gasteiger partial charge in [-0.2, -0.15) is 0 Å². The monoisotopic (exact) mass is 440 g/mol. The third kappa shape index (κ3) is 2.81.